The summed E-state index contributed by atoms with van der Waals surface area (Å²) in [6.07, 6.45) is 0. The largest absolute Gasteiger partial charge is 0.231 e. The average molecular weight is 105 g/mol. The van der Waals surface area contributed by atoms with Gasteiger partial charge in [0.05, 0.1) is 6.07 Å². The van der Waals surface area contributed by atoms with Crippen molar-refractivity contribution in [3.63, 3.8) is 0 Å². The van der Waals surface area contributed by atoms with Crippen molar-refractivity contribution in [3.05, 3.63) is 0 Å². The van der Waals surface area contributed by atoms with E-state index in [1.165, 1.54) is 6.07 Å². The minimum atomic E-state index is -2.46. The van der Waals surface area contributed by atoms with Gasteiger partial charge in [-0.05, 0) is 0 Å². The van der Waals surface area contributed by atoms with Crippen molar-refractivity contribution in [1.82, 2.24) is 0 Å². The lowest BCUT2D eigenvalue weighted by Crippen LogP contribution is -1.77. The fraction of sp³-hybridized carbons (Fsp3) is 0.500. The van der Waals surface area contributed by atoms with E-state index in [2.05, 4.69) is 0 Å². The van der Waals surface area contributed by atoms with Crippen LogP contribution in [-0.4, -0.2) is 14.2 Å². The molecule has 0 amide bonds. The first-order chi connectivity index (χ1) is 2.77. The van der Waals surface area contributed by atoms with Gasteiger partial charge in [-0.15, -0.1) is 0 Å². The van der Waals surface area contributed by atoms with Gasteiger partial charge in [-0.3, -0.25) is 0 Å². The fourth-order valence-electron chi connectivity index (χ4n) is 0.0577. The molecule has 0 rings (SSSR count). The molecule has 0 radical (unpaired) electrons. The maximum atomic E-state index is 9.41. The summed E-state index contributed by atoms with van der Waals surface area (Å²) >= 11 is 0. The molecule has 0 spiro atoms. The van der Waals surface area contributed by atoms with Crippen molar-refractivity contribution in [2.75, 3.05) is 5.75 Å². The number of thiol groups is 1. The van der Waals surface area contributed by atoms with Crippen LogP contribution in [0.3, 0.4) is 0 Å². The zero-order valence-corrected chi connectivity index (χ0v) is 3.81. The second kappa shape index (κ2) is 2.67. The van der Waals surface area contributed by atoms with E-state index in [1.54, 1.807) is 0 Å². The Kier molecular flexibility index (Phi) is 2.42. The summed E-state index contributed by atoms with van der Waals surface area (Å²) in [6, 6.07) is 1.47. The summed E-state index contributed by atoms with van der Waals surface area (Å²) < 4.78 is 18.8. The van der Waals surface area contributed by atoms with Gasteiger partial charge in [0, 0.05) is 0 Å². The van der Waals surface area contributed by atoms with Gasteiger partial charge in [-0.2, -0.15) is 5.26 Å². The molecule has 34 valence electrons. The van der Waals surface area contributed by atoms with Gasteiger partial charge < -0.3 is 0 Å². The van der Waals surface area contributed by atoms with Crippen LogP contribution in [0.2, 0.25) is 0 Å². The van der Waals surface area contributed by atoms with E-state index >= 15 is 0 Å². The van der Waals surface area contributed by atoms with Crippen LogP contribution in [0.25, 0.3) is 0 Å². The number of nitrogens with zero attached hydrogens (tertiary/aromatic N) is 1. The van der Waals surface area contributed by atoms with Crippen LogP contribution in [0.4, 0.5) is 0 Å². The van der Waals surface area contributed by atoms with Gasteiger partial charge in [0.25, 0.3) is 0 Å². The Morgan fingerprint density at radius 1 is 1.67 bits per heavy atom. The van der Waals surface area contributed by atoms with Crippen molar-refractivity contribution in [2.24, 2.45) is 0 Å². The lowest BCUT2D eigenvalue weighted by atomic mass is 10.9. The maximum absolute atomic E-state index is 9.41. The molecule has 0 saturated carbocycles. The topological polar surface area (TPSA) is 57.9 Å². The molecule has 0 fully saturated rings. The Labute approximate surface area is 37.2 Å². The van der Waals surface area contributed by atoms with Crippen molar-refractivity contribution in [1.29, 1.82) is 5.26 Å². The molecule has 0 bridgehead atoms. The minimum absolute atomic E-state index is 0.366. The lowest BCUT2D eigenvalue weighted by molar-refractivity contribution is 0.617. The second-order valence-corrected chi connectivity index (χ2v) is 1.63. The molecule has 0 aliphatic carbocycles. The Morgan fingerprint density at radius 2 is 2.17 bits per heavy atom. The predicted molar refractivity (Wildman–Crippen MR) is 20.8 cm³/mol. The Hall–Kier alpha value is -0.560. The SMILES string of the molecule is N#CC[SH](=O)=O. The molecule has 0 aromatic carbocycles. The highest BCUT2D eigenvalue weighted by Crippen LogP contribution is 1.54. The van der Waals surface area contributed by atoms with Gasteiger partial charge in [0.15, 0.2) is 10.7 Å². The first-order valence-electron chi connectivity index (χ1n) is 1.26. The summed E-state index contributed by atoms with van der Waals surface area (Å²) in [5, 5.41) is 7.60. The van der Waals surface area contributed by atoms with Crippen LogP contribution in [0.5, 0.6) is 0 Å². The number of nitriles is 1. The molecule has 0 N–H and O–H groups in total. The van der Waals surface area contributed by atoms with E-state index in [0.717, 1.165) is 0 Å². The van der Waals surface area contributed by atoms with Crippen molar-refractivity contribution >= 4 is 10.7 Å². The van der Waals surface area contributed by atoms with Gasteiger partial charge in [-0.25, -0.2) is 8.42 Å². The van der Waals surface area contributed by atoms with Crippen molar-refractivity contribution in [2.45, 2.75) is 0 Å². The first kappa shape index (κ1) is 5.44. The quantitative estimate of drug-likeness (QED) is 0.440. The summed E-state index contributed by atoms with van der Waals surface area (Å²) in [5.41, 5.74) is 0. The van der Waals surface area contributed by atoms with Gasteiger partial charge in [-0.1, -0.05) is 0 Å². The summed E-state index contributed by atoms with van der Waals surface area (Å²) in [7, 11) is -2.46. The van der Waals surface area contributed by atoms with E-state index < -0.39 is 10.7 Å². The third-order valence-electron chi connectivity index (χ3n) is 0.200. The van der Waals surface area contributed by atoms with Gasteiger partial charge >= 0.3 is 0 Å². The third-order valence-corrected chi connectivity index (χ3v) is 0.599. The molecule has 3 nitrogen and oxygen atoms in total. The lowest BCUT2D eigenvalue weighted by Gasteiger charge is -1.58. The number of hydrogen-bond donors (Lipinski definition) is 1. The Balaban J connectivity index is 3.41. The molecule has 0 aliphatic heterocycles. The van der Waals surface area contributed by atoms with Crippen LogP contribution in [0, 0.1) is 11.3 Å². The van der Waals surface area contributed by atoms with Crippen LogP contribution in [0.15, 0.2) is 0 Å². The molecular formula is C2H3NO2S. The van der Waals surface area contributed by atoms with E-state index in [9.17, 15) is 8.42 Å². The van der Waals surface area contributed by atoms with Gasteiger partial charge in [0.1, 0.15) is 5.75 Å². The standard InChI is InChI=1S/C2H3NO2S/c3-1-2-6(4)5/h6H,2H2. The molecule has 0 aliphatic rings. The van der Waals surface area contributed by atoms with E-state index in [0.29, 0.717) is 0 Å². The highest BCUT2D eigenvalue weighted by molar-refractivity contribution is 7.72. The first-order valence-corrected chi connectivity index (χ1v) is 2.62. The van der Waals surface area contributed by atoms with Crippen LogP contribution in [0.1, 0.15) is 0 Å². The molecule has 0 aromatic heterocycles. The molecule has 0 saturated heterocycles. The Morgan fingerprint density at radius 3 is 2.17 bits per heavy atom. The summed E-state index contributed by atoms with van der Waals surface area (Å²) in [5.74, 6) is -0.366. The second-order valence-electron chi connectivity index (χ2n) is 0.649. The highest BCUT2D eigenvalue weighted by Gasteiger charge is 1.74. The average Bonchev–Trinajstić information content (AvgIpc) is 1.35. The minimum Gasteiger partial charge on any atom is -0.231 e. The zero-order chi connectivity index (χ0) is 4.99. The highest BCUT2D eigenvalue weighted by atomic mass is 32.2. The summed E-state index contributed by atoms with van der Waals surface area (Å²) in [6.45, 7) is 0. The normalized spacial score (nSPS) is 8.00. The van der Waals surface area contributed by atoms with E-state index in [-0.39, 0.29) is 5.75 Å². The van der Waals surface area contributed by atoms with Crippen molar-refractivity contribution in [3.8, 4) is 6.07 Å². The van der Waals surface area contributed by atoms with Crippen LogP contribution < -0.4 is 0 Å². The van der Waals surface area contributed by atoms with Crippen molar-refractivity contribution < 1.29 is 8.42 Å². The van der Waals surface area contributed by atoms with E-state index in [1.807, 2.05) is 0 Å². The summed E-state index contributed by atoms with van der Waals surface area (Å²) in [4.78, 5) is 0. The fourth-order valence-corrected chi connectivity index (χ4v) is 0.173. The molecular weight excluding hydrogens is 102 g/mol. The molecule has 0 unspecified atom stereocenters. The molecule has 4 heteroatoms. The monoisotopic (exact) mass is 105 g/mol. The Bertz CT molecular complexity index is 123. The third kappa shape index (κ3) is 3.44. The molecule has 0 heterocycles. The predicted octanol–water partition coefficient (Wildman–Crippen LogP) is -0.879. The molecule has 0 atom stereocenters. The van der Waals surface area contributed by atoms with Crippen LogP contribution >= 0.6 is 0 Å². The zero-order valence-electron chi connectivity index (χ0n) is 2.92. The molecule has 6 heavy (non-hydrogen) atoms. The van der Waals surface area contributed by atoms with Crippen LogP contribution in [-0.2, 0) is 10.7 Å². The number of rotatable bonds is 1. The molecule has 0 aromatic rings. The van der Waals surface area contributed by atoms with E-state index in [4.69, 9.17) is 5.26 Å². The van der Waals surface area contributed by atoms with Gasteiger partial charge in [0.2, 0.25) is 0 Å². The number of hydrogen-bond acceptors (Lipinski definition) is 3. The maximum Gasteiger partial charge on any atom is 0.153 e. The smallest absolute Gasteiger partial charge is 0.153 e.